The van der Waals surface area contributed by atoms with Gasteiger partial charge in [-0.3, -0.25) is 4.68 Å². The monoisotopic (exact) mass is 275 g/mol. The molecule has 0 saturated carbocycles. The number of hydrogen-bond donors (Lipinski definition) is 1. The van der Waals surface area contributed by atoms with Gasteiger partial charge >= 0.3 is 0 Å². The Kier molecular flexibility index (Phi) is 4.90. The van der Waals surface area contributed by atoms with E-state index in [0.717, 1.165) is 48.4 Å². The Bertz CT molecular complexity index is 575. The molecular formula is C16H22FN3. The van der Waals surface area contributed by atoms with E-state index in [-0.39, 0.29) is 5.82 Å². The lowest BCUT2D eigenvalue weighted by atomic mass is 10.00. The Morgan fingerprint density at radius 1 is 1.25 bits per heavy atom. The Morgan fingerprint density at radius 2 is 2.05 bits per heavy atom. The molecule has 0 radical (unpaired) electrons. The van der Waals surface area contributed by atoms with Gasteiger partial charge in [0.1, 0.15) is 5.82 Å². The quantitative estimate of drug-likeness (QED) is 0.817. The Labute approximate surface area is 119 Å². The van der Waals surface area contributed by atoms with Gasteiger partial charge in [-0.25, -0.2) is 4.39 Å². The standard InChI is InChI=1S/C16H22FN3/c1-4-8-18-10-13-6-7-14(17)9-15(13)16-11-19-20(5-2)12(16)3/h6-7,9,11,18H,4-5,8,10H2,1-3H3. The lowest BCUT2D eigenvalue weighted by Gasteiger charge is -2.11. The van der Waals surface area contributed by atoms with Crippen LogP contribution in [0.15, 0.2) is 24.4 Å². The van der Waals surface area contributed by atoms with Crippen LogP contribution in [-0.4, -0.2) is 16.3 Å². The van der Waals surface area contributed by atoms with Gasteiger partial charge in [0.05, 0.1) is 6.20 Å². The average Bonchev–Trinajstić information content (AvgIpc) is 2.81. The number of nitrogens with one attached hydrogen (secondary N) is 1. The third-order valence-electron chi connectivity index (χ3n) is 3.51. The lowest BCUT2D eigenvalue weighted by Crippen LogP contribution is -2.14. The van der Waals surface area contributed by atoms with Gasteiger partial charge in [-0.05, 0) is 50.1 Å². The van der Waals surface area contributed by atoms with Crippen LogP contribution in [0, 0.1) is 12.7 Å². The maximum Gasteiger partial charge on any atom is 0.123 e. The van der Waals surface area contributed by atoms with E-state index in [2.05, 4.69) is 24.3 Å². The van der Waals surface area contributed by atoms with Crippen LogP contribution < -0.4 is 5.32 Å². The fourth-order valence-electron chi connectivity index (χ4n) is 2.38. The number of nitrogens with zero attached hydrogens (tertiary/aromatic N) is 2. The Morgan fingerprint density at radius 3 is 2.70 bits per heavy atom. The van der Waals surface area contributed by atoms with E-state index < -0.39 is 0 Å². The van der Waals surface area contributed by atoms with E-state index in [1.807, 2.05) is 23.9 Å². The molecular weight excluding hydrogens is 253 g/mol. The third-order valence-corrected chi connectivity index (χ3v) is 3.51. The summed E-state index contributed by atoms with van der Waals surface area (Å²) >= 11 is 0. The molecule has 0 spiro atoms. The molecule has 0 unspecified atom stereocenters. The van der Waals surface area contributed by atoms with Gasteiger partial charge in [0.25, 0.3) is 0 Å². The fourth-order valence-corrected chi connectivity index (χ4v) is 2.38. The zero-order chi connectivity index (χ0) is 14.5. The summed E-state index contributed by atoms with van der Waals surface area (Å²) in [6.45, 7) is 8.75. The van der Waals surface area contributed by atoms with E-state index in [1.54, 1.807) is 6.07 Å². The third kappa shape index (κ3) is 3.07. The highest BCUT2D eigenvalue weighted by Crippen LogP contribution is 2.27. The van der Waals surface area contributed by atoms with Crippen LogP contribution in [0.4, 0.5) is 4.39 Å². The summed E-state index contributed by atoms with van der Waals surface area (Å²) < 4.78 is 15.5. The van der Waals surface area contributed by atoms with Crippen LogP contribution in [0.2, 0.25) is 0 Å². The molecule has 1 N–H and O–H groups in total. The predicted octanol–water partition coefficient (Wildman–Crippen LogP) is 3.52. The number of benzene rings is 1. The van der Waals surface area contributed by atoms with Crippen LogP contribution in [0.25, 0.3) is 11.1 Å². The maximum absolute atomic E-state index is 13.6. The molecule has 1 heterocycles. The van der Waals surface area contributed by atoms with Crippen LogP contribution in [0.1, 0.15) is 31.5 Å². The van der Waals surface area contributed by atoms with Crippen LogP contribution >= 0.6 is 0 Å². The minimum absolute atomic E-state index is 0.206. The summed E-state index contributed by atoms with van der Waals surface area (Å²) in [7, 11) is 0. The molecule has 108 valence electrons. The molecule has 0 aliphatic heterocycles. The molecule has 0 aliphatic carbocycles. The van der Waals surface area contributed by atoms with Crippen LogP contribution in [0.3, 0.4) is 0 Å². The maximum atomic E-state index is 13.6. The molecule has 0 atom stereocenters. The van der Waals surface area contributed by atoms with Crippen molar-refractivity contribution in [2.75, 3.05) is 6.54 Å². The highest BCUT2D eigenvalue weighted by atomic mass is 19.1. The molecule has 1 aromatic heterocycles. The Balaban J connectivity index is 2.37. The molecule has 0 fully saturated rings. The van der Waals surface area contributed by atoms with Gasteiger partial charge in [0.15, 0.2) is 0 Å². The Hall–Kier alpha value is -1.68. The van der Waals surface area contributed by atoms with Gasteiger partial charge in [-0.15, -0.1) is 0 Å². The zero-order valence-electron chi connectivity index (χ0n) is 12.4. The number of aryl methyl sites for hydroxylation is 1. The second kappa shape index (κ2) is 6.66. The number of halogens is 1. The van der Waals surface area contributed by atoms with Gasteiger partial charge in [0.2, 0.25) is 0 Å². The first-order valence-corrected chi connectivity index (χ1v) is 7.19. The molecule has 0 amide bonds. The van der Waals surface area contributed by atoms with Crippen molar-refractivity contribution in [3.63, 3.8) is 0 Å². The van der Waals surface area contributed by atoms with Crippen molar-refractivity contribution in [2.24, 2.45) is 0 Å². The van der Waals surface area contributed by atoms with Gasteiger partial charge < -0.3 is 5.32 Å². The number of aromatic nitrogens is 2. The SMILES string of the molecule is CCCNCc1ccc(F)cc1-c1cnn(CC)c1C. The van der Waals surface area contributed by atoms with Crippen molar-refractivity contribution < 1.29 is 4.39 Å². The summed E-state index contributed by atoms with van der Waals surface area (Å²) in [6.07, 6.45) is 2.92. The van der Waals surface area contributed by atoms with E-state index >= 15 is 0 Å². The van der Waals surface area contributed by atoms with Crippen molar-refractivity contribution in [1.29, 1.82) is 0 Å². The van der Waals surface area contributed by atoms with Crippen LogP contribution in [0.5, 0.6) is 0 Å². The van der Waals surface area contributed by atoms with Crippen LogP contribution in [-0.2, 0) is 13.1 Å². The van der Waals surface area contributed by atoms with E-state index in [4.69, 9.17) is 0 Å². The average molecular weight is 275 g/mol. The van der Waals surface area contributed by atoms with Crippen molar-refractivity contribution in [1.82, 2.24) is 15.1 Å². The summed E-state index contributed by atoms with van der Waals surface area (Å²) in [5.41, 5.74) is 4.14. The molecule has 0 bridgehead atoms. The first-order valence-electron chi connectivity index (χ1n) is 7.19. The predicted molar refractivity (Wildman–Crippen MR) is 80.0 cm³/mol. The van der Waals surface area contributed by atoms with Crippen molar-refractivity contribution in [2.45, 2.75) is 40.3 Å². The van der Waals surface area contributed by atoms with Gasteiger partial charge in [-0.1, -0.05) is 13.0 Å². The molecule has 0 aliphatic rings. The highest BCUT2D eigenvalue weighted by molar-refractivity contribution is 5.69. The van der Waals surface area contributed by atoms with E-state index in [9.17, 15) is 4.39 Å². The normalized spacial score (nSPS) is 11.0. The molecule has 3 nitrogen and oxygen atoms in total. The second-order valence-electron chi connectivity index (χ2n) is 4.94. The first-order chi connectivity index (χ1) is 9.67. The molecule has 2 rings (SSSR count). The zero-order valence-corrected chi connectivity index (χ0v) is 12.4. The molecule has 0 saturated heterocycles. The second-order valence-corrected chi connectivity index (χ2v) is 4.94. The van der Waals surface area contributed by atoms with E-state index in [0.29, 0.717) is 0 Å². The molecule has 20 heavy (non-hydrogen) atoms. The van der Waals surface area contributed by atoms with Crippen molar-refractivity contribution in [3.8, 4) is 11.1 Å². The minimum Gasteiger partial charge on any atom is -0.313 e. The summed E-state index contributed by atoms with van der Waals surface area (Å²) in [5, 5.41) is 7.72. The summed E-state index contributed by atoms with van der Waals surface area (Å²) in [6, 6.07) is 4.98. The summed E-state index contributed by atoms with van der Waals surface area (Å²) in [4.78, 5) is 0. The van der Waals surface area contributed by atoms with Gasteiger partial charge in [-0.2, -0.15) is 5.10 Å². The smallest absolute Gasteiger partial charge is 0.123 e. The largest absolute Gasteiger partial charge is 0.313 e. The molecule has 4 heteroatoms. The lowest BCUT2D eigenvalue weighted by molar-refractivity contribution is 0.625. The van der Waals surface area contributed by atoms with E-state index in [1.165, 1.54) is 6.07 Å². The first kappa shape index (κ1) is 14.7. The van der Waals surface area contributed by atoms with Crippen molar-refractivity contribution >= 4 is 0 Å². The topological polar surface area (TPSA) is 29.9 Å². The number of hydrogen-bond acceptors (Lipinski definition) is 2. The van der Waals surface area contributed by atoms with Crippen molar-refractivity contribution in [3.05, 3.63) is 41.5 Å². The highest BCUT2D eigenvalue weighted by Gasteiger charge is 2.12. The molecule has 1 aromatic carbocycles. The van der Waals surface area contributed by atoms with Gasteiger partial charge in [0, 0.05) is 24.3 Å². The summed E-state index contributed by atoms with van der Waals surface area (Å²) in [5.74, 6) is -0.206. The minimum atomic E-state index is -0.206. The fraction of sp³-hybridized carbons (Fsp3) is 0.438. The number of rotatable bonds is 6. The molecule has 2 aromatic rings.